The highest BCUT2D eigenvalue weighted by atomic mass is 16.5. The molecule has 0 bridgehead atoms. The Labute approximate surface area is 67.6 Å². The van der Waals surface area contributed by atoms with Gasteiger partial charge in [0.2, 0.25) is 0 Å². The molecule has 0 saturated heterocycles. The van der Waals surface area contributed by atoms with Crippen LogP contribution in [0.5, 0.6) is 0 Å². The molecule has 2 aromatic heterocycles. The van der Waals surface area contributed by atoms with E-state index in [9.17, 15) is 0 Å². The van der Waals surface area contributed by atoms with E-state index in [1.807, 2.05) is 12.1 Å². The van der Waals surface area contributed by atoms with Crippen LogP contribution >= 0.6 is 0 Å². The summed E-state index contributed by atoms with van der Waals surface area (Å²) in [6.07, 6.45) is 5.11. The van der Waals surface area contributed by atoms with E-state index in [0.717, 1.165) is 21.7 Å². The Bertz CT molecular complexity index is 486. The molecule has 1 aromatic carbocycles. The van der Waals surface area contributed by atoms with E-state index in [2.05, 4.69) is 5.16 Å². The van der Waals surface area contributed by atoms with E-state index < -0.39 is 0 Å². The van der Waals surface area contributed by atoms with Gasteiger partial charge in [-0.2, -0.15) is 0 Å². The molecule has 0 fully saturated rings. The Morgan fingerprint density at radius 2 is 2.08 bits per heavy atom. The van der Waals surface area contributed by atoms with Crippen LogP contribution in [0.2, 0.25) is 0 Å². The van der Waals surface area contributed by atoms with Gasteiger partial charge < -0.3 is 8.94 Å². The van der Waals surface area contributed by atoms with Gasteiger partial charge in [0, 0.05) is 10.8 Å². The summed E-state index contributed by atoms with van der Waals surface area (Å²) in [5, 5.41) is 6.84. The molecule has 58 valence electrons. The van der Waals surface area contributed by atoms with Crippen molar-refractivity contribution < 1.29 is 8.94 Å². The average Bonchev–Trinajstić information content (AvgIpc) is 2.71. The summed E-state index contributed by atoms with van der Waals surface area (Å²) in [4.78, 5) is 0. The Morgan fingerprint density at radius 1 is 1.08 bits per heavy atom. The first-order valence-electron chi connectivity index (χ1n) is 3.64. The van der Waals surface area contributed by atoms with Crippen LogP contribution in [0.4, 0.5) is 0 Å². The van der Waals surface area contributed by atoms with Crippen molar-refractivity contribution in [1.82, 2.24) is 5.16 Å². The molecule has 0 amide bonds. The lowest BCUT2D eigenvalue weighted by Gasteiger charge is -1.86. The first-order valence-corrected chi connectivity index (χ1v) is 3.64. The fourth-order valence-electron chi connectivity index (χ4n) is 1.39. The summed E-state index contributed by atoms with van der Waals surface area (Å²) in [6, 6.07) is 3.84. The number of furan rings is 1. The van der Waals surface area contributed by atoms with Crippen LogP contribution in [0, 0.1) is 0 Å². The molecule has 0 saturated carbocycles. The summed E-state index contributed by atoms with van der Waals surface area (Å²) in [5.41, 5.74) is 0.795. The third-order valence-electron chi connectivity index (χ3n) is 1.99. The molecule has 3 heteroatoms. The van der Waals surface area contributed by atoms with Crippen LogP contribution in [0.1, 0.15) is 0 Å². The lowest BCUT2D eigenvalue weighted by molar-refractivity contribution is 0.456. The van der Waals surface area contributed by atoms with Crippen molar-refractivity contribution in [2.24, 2.45) is 0 Å². The van der Waals surface area contributed by atoms with E-state index in [1.54, 1.807) is 18.7 Å². The Balaban J connectivity index is 2.71. The largest absolute Gasteiger partial charge is 0.471 e. The van der Waals surface area contributed by atoms with Gasteiger partial charge >= 0.3 is 0 Å². The SMILES string of the molecule is c1cc2oncc2c2cocc12. The minimum atomic E-state index is 0.795. The van der Waals surface area contributed by atoms with E-state index >= 15 is 0 Å². The summed E-state index contributed by atoms with van der Waals surface area (Å²) in [5.74, 6) is 0. The Morgan fingerprint density at radius 3 is 3.08 bits per heavy atom. The van der Waals surface area contributed by atoms with Crippen molar-refractivity contribution in [2.45, 2.75) is 0 Å². The minimum Gasteiger partial charge on any atom is -0.471 e. The normalized spacial score (nSPS) is 11.3. The summed E-state index contributed by atoms with van der Waals surface area (Å²) in [6.45, 7) is 0. The smallest absolute Gasteiger partial charge is 0.167 e. The van der Waals surface area contributed by atoms with Gasteiger partial charge in [0.05, 0.1) is 24.1 Å². The van der Waals surface area contributed by atoms with Crippen LogP contribution in [0.25, 0.3) is 21.7 Å². The first kappa shape index (κ1) is 5.83. The van der Waals surface area contributed by atoms with Crippen LogP contribution in [0.15, 0.2) is 39.8 Å². The van der Waals surface area contributed by atoms with Gasteiger partial charge in [-0.3, -0.25) is 0 Å². The third-order valence-corrected chi connectivity index (χ3v) is 1.99. The van der Waals surface area contributed by atoms with Gasteiger partial charge in [-0.05, 0) is 12.1 Å². The molecule has 0 aliphatic heterocycles. The molecule has 0 aliphatic carbocycles. The molecule has 3 rings (SSSR count). The maximum absolute atomic E-state index is 5.07. The number of fused-ring (bicyclic) bond motifs is 3. The van der Waals surface area contributed by atoms with Crippen molar-refractivity contribution in [3.63, 3.8) is 0 Å². The fraction of sp³-hybridized carbons (Fsp3) is 0. The highest BCUT2D eigenvalue weighted by Crippen LogP contribution is 2.25. The number of benzene rings is 1. The van der Waals surface area contributed by atoms with E-state index in [4.69, 9.17) is 8.94 Å². The molecule has 12 heavy (non-hydrogen) atoms. The molecule has 0 radical (unpaired) electrons. The summed E-state index contributed by atoms with van der Waals surface area (Å²) < 4.78 is 10.1. The third kappa shape index (κ3) is 0.580. The maximum Gasteiger partial charge on any atom is 0.167 e. The lowest BCUT2D eigenvalue weighted by atomic mass is 10.1. The molecule has 2 heterocycles. The van der Waals surface area contributed by atoms with Gasteiger partial charge in [0.25, 0.3) is 0 Å². The molecule has 0 aliphatic rings. The van der Waals surface area contributed by atoms with Gasteiger partial charge in [0.1, 0.15) is 0 Å². The second kappa shape index (κ2) is 1.88. The molecule has 0 spiro atoms. The number of hydrogen-bond acceptors (Lipinski definition) is 3. The van der Waals surface area contributed by atoms with Crippen molar-refractivity contribution >= 4 is 21.7 Å². The molecular weight excluding hydrogens is 154 g/mol. The summed E-state index contributed by atoms with van der Waals surface area (Å²) in [7, 11) is 0. The zero-order valence-corrected chi connectivity index (χ0v) is 6.15. The summed E-state index contributed by atoms with van der Waals surface area (Å²) >= 11 is 0. The van der Waals surface area contributed by atoms with Gasteiger partial charge in [-0.1, -0.05) is 5.16 Å². The second-order valence-corrected chi connectivity index (χ2v) is 2.68. The molecule has 3 aromatic rings. The van der Waals surface area contributed by atoms with Crippen LogP contribution in [-0.4, -0.2) is 5.16 Å². The maximum atomic E-state index is 5.07. The lowest BCUT2D eigenvalue weighted by Crippen LogP contribution is -1.64. The van der Waals surface area contributed by atoms with E-state index in [-0.39, 0.29) is 0 Å². The zero-order chi connectivity index (χ0) is 7.97. The highest BCUT2D eigenvalue weighted by Gasteiger charge is 2.04. The van der Waals surface area contributed by atoms with Gasteiger partial charge in [0.15, 0.2) is 5.58 Å². The molecule has 3 nitrogen and oxygen atoms in total. The second-order valence-electron chi connectivity index (χ2n) is 2.68. The number of rotatable bonds is 0. The van der Waals surface area contributed by atoms with Gasteiger partial charge in [-0.25, -0.2) is 0 Å². The van der Waals surface area contributed by atoms with Crippen LogP contribution < -0.4 is 0 Å². The Hall–Kier alpha value is -1.77. The molecule has 0 atom stereocenters. The predicted octanol–water partition coefficient (Wildman–Crippen LogP) is 2.57. The van der Waals surface area contributed by atoms with Crippen molar-refractivity contribution in [3.8, 4) is 0 Å². The van der Waals surface area contributed by atoms with Crippen LogP contribution in [-0.2, 0) is 0 Å². The minimum absolute atomic E-state index is 0.795. The highest BCUT2D eigenvalue weighted by molar-refractivity contribution is 6.04. The van der Waals surface area contributed by atoms with Crippen molar-refractivity contribution in [1.29, 1.82) is 0 Å². The van der Waals surface area contributed by atoms with E-state index in [0.29, 0.717) is 0 Å². The van der Waals surface area contributed by atoms with E-state index in [1.165, 1.54) is 0 Å². The van der Waals surface area contributed by atoms with Crippen molar-refractivity contribution in [2.75, 3.05) is 0 Å². The number of nitrogens with zero attached hydrogens (tertiary/aromatic N) is 1. The average molecular weight is 159 g/mol. The van der Waals surface area contributed by atoms with Crippen molar-refractivity contribution in [3.05, 3.63) is 30.9 Å². The molecular formula is C9H5NO2. The molecule has 0 unspecified atom stereocenters. The quantitative estimate of drug-likeness (QED) is 0.506. The number of aromatic nitrogens is 1. The first-order chi connectivity index (χ1) is 5.95. The Kier molecular flexibility index (Phi) is 0.913. The zero-order valence-electron chi connectivity index (χ0n) is 6.15. The number of hydrogen-bond donors (Lipinski definition) is 0. The predicted molar refractivity (Wildman–Crippen MR) is 43.8 cm³/mol. The monoisotopic (exact) mass is 159 g/mol. The fourth-order valence-corrected chi connectivity index (χ4v) is 1.39. The van der Waals surface area contributed by atoms with Gasteiger partial charge in [-0.15, -0.1) is 0 Å². The van der Waals surface area contributed by atoms with Crippen LogP contribution in [0.3, 0.4) is 0 Å². The molecule has 0 N–H and O–H groups in total. The topological polar surface area (TPSA) is 39.2 Å². The standard InChI is InChI=1S/C9H5NO2/c1-2-9-7(3-10-12-9)8-5-11-4-6(1)8/h1-5H.